The summed E-state index contributed by atoms with van der Waals surface area (Å²) in [7, 11) is 0. The van der Waals surface area contributed by atoms with Gasteiger partial charge in [0.05, 0.1) is 38.6 Å². The van der Waals surface area contributed by atoms with E-state index in [0.717, 1.165) is 46.4 Å². The molecule has 1 aliphatic carbocycles. The van der Waals surface area contributed by atoms with Crippen LogP contribution in [0.15, 0.2) is 97.1 Å². The van der Waals surface area contributed by atoms with Crippen molar-refractivity contribution in [2.24, 2.45) is 17.8 Å². The predicted molar refractivity (Wildman–Crippen MR) is 193 cm³/mol. The van der Waals surface area contributed by atoms with E-state index < -0.39 is 12.2 Å². The van der Waals surface area contributed by atoms with Gasteiger partial charge in [0.1, 0.15) is 23.7 Å². The van der Waals surface area contributed by atoms with E-state index in [2.05, 4.69) is 56.3 Å². The van der Waals surface area contributed by atoms with Gasteiger partial charge in [-0.25, -0.2) is 0 Å². The van der Waals surface area contributed by atoms with Gasteiger partial charge in [0.15, 0.2) is 0 Å². The van der Waals surface area contributed by atoms with Crippen LogP contribution < -0.4 is 9.47 Å². The summed E-state index contributed by atoms with van der Waals surface area (Å²) >= 11 is 7.02. The first-order valence-corrected chi connectivity index (χ1v) is 18.1. The lowest BCUT2D eigenvalue weighted by Gasteiger charge is -2.46. The molecule has 49 heavy (non-hydrogen) atoms. The zero-order valence-corrected chi connectivity index (χ0v) is 29.6. The van der Waals surface area contributed by atoms with Crippen LogP contribution in [0.4, 0.5) is 0 Å². The molecule has 2 fully saturated rings. The number of benzene rings is 4. The van der Waals surface area contributed by atoms with Crippen LogP contribution in [-0.2, 0) is 33.8 Å². The van der Waals surface area contributed by atoms with Gasteiger partial charge in [-0.05, 0) is 84.5 Å². The van der Waals surface area contributed by atoms with E-state index in [-0.39, 0.29) is 30.7 Å². The van der Waals surface area contributed by atoms with E-state index in [1.54, 1.807) is 0 Å². The van der Waals surface area contributed by atoms with Crippen LogP contribution in [0, 0.1) is 17.8 Å². The lowest BCUT2D eigenvalue weighted by atomic mass is 9.83. The summed E-state index contributed by atoms with van der Waals surface area (Å²) in [6.45, 7) is 8.56. The van der Waals surface area contributed by atoms with Gasteiger partial charge >= 0.3 is 0 Å². The van der Waals surface area contributed by atoms with Crippen LogP contribution in [0.25, 0.3) is 0 Å². The van der Waals surface area contributed by atoms with Crippen LogP contribution in [0.2, 0.25) is 5.02 Å². The average Bonchev–Trinajstić information content (AvgIpc) is 3.91. The monoisotopic (exact) mass is 684 g/mol. The number of halogens is 1. The van der Waals surface area contributed by atoms with Crippen LogP contribution in [-0.4, -0.2) is 43.2 Å². The van der Waals surface area contributed by atoms with Crippen molar-refractivity contribution in [3.05, 3.63) is 130 Å². The Labute approximate surface area is 296 Å². The fraction of sp³-hybridized carbons (Fsp3) is 0.429. The van der Waals surface area contributed by atoms with Gasteiger partial charge < -0.3 is 28.8 Å². The first-order chi connectivity index (χ1) is 24.0. The Bertz CT molecular complexity index is 1600. The highest BCUT2D eigenvalue weighted by Crippen LogP contribution is 2.46. The highest BCUT2D eigenvalue weighted by molar-refractivity contribution is 6.31. The molecule has 6 nitrogen and oxygen atoms in total. The first kappa shape index (κ1) is 35.4. The Hall–Kier alpha value is -3.39. The van der Waals surface area contributed by atoms with Crippen molar-refractivity contribution in [2.75, 3.05) is 19.8 Å². The quantitative estimate of drug-likeness (QED) is 0.127. The van der Waals surface area contributed by atoms with Gasteiger partial charge in [0, 0.05) is 23.1 Å². The van der Waals surface area contributed by atoms with Crippen molar-refractivity contribution in [1.82, 2.24) is 0 Å². The maximum Gasteiger partial charge on any atom is 0.126 e. The van der Waals surface area contributed by atoms with Gasteiger partial charge in [0.2, 0.25) is 0 Å². The van der Waals surface area contributed by atoms with Gasteiger partial charge in [0.25, 0.3) is 0 Å². The predicted octanol–water partition coefficient (Wildman–Crippen LogP) is 8.99. The maximum absolute atomic E-state index is 9.70. The molecule has 0 spiro atoms. The number of hydrogen-bond acceptors (Lipinski definition) is 6. The third-order valence-electron chi connectivity index (χ3n) is 9.89. The molecule has 0 aromatic heterocycles. The average molecular weight is 685 g/mol. The lowest BCUT2D eigenvalue weighted by Crippen LogP contribution is -2.51. The standard InChI is InChI=1S/C42H49ClO6/c1-4-38-28(3)40(47-25-30-12-8-6-9-13-30)42(48-26-31-14-10-7-11-15-31)41(49-38)36-22-32(20-29-16-18-35(19-17-29)45-5-2)37(43)23-39(36)46-27-34-21-33(34)24-44/h6-19,22-23,28,33-34,38,40-42,44H,4-5,20-21,24-27H2,1-3H3/t28-,33-,34+,38-,40+,41+,42-/m1/s1. The Morgan fingerprint density at radius 1 is 0.776 bits per heavy atom. The molecule has 6 rings (SSSR count). The third-order valence-corrected chi connectivity index (χ3v) is 10.2. The second kappa shape index (κ2) is 17.0. The molecule has 260 valence electrons. The van der Waals surface area contributed by atoms with E-state index >= 15 is 0 Å². The number of rotatable bonds is 16. The SMILES string of the molecule is CCOc1ccc(Cc2cc([C@@H]3O[C@H](CC)[C@@H](C)[C@H](OCc4ccccc4)[C@H]3OCc3ccccc3)c(OC[C@@H]3C[C@@H]3CO)cc2Cl)cc1. The Morgan fingerprint density at radius 3 is 2.02 bits per heavy atom. The van der Waals surface area contributed by atoms with Gasteiger partial charge in [-0.3, -0.25) is 0 Å². The molecule has 1 N–H and O–H groups in total. The van der Waals surface area contributed by atoms with E-state index in [1.165, 1.54) is 0 Å². The molecule has 0 radical (unpaired) electrons. The summed E-state index contributed by atoms with van der Waals surface area (Å²) in [4.78, 5) is 0. The van der Waals surface area contributed by atoms with Crippen LogP contribution >= 0.6 is 11.6 Å². The van der Waals surface area contributed by atoms with E-state index in [1.807, 2.05) is 61.5 Å². The minimum absolute atomic E-state index is 0.0531. The number of aliphatic hydroxyl groups is 1. The molecule has 2 aliphatic rings. The molecule has 7 heteroatoms. The molecule has 0 amide bonds. The molecule has 0 unspecified atom stereocenters. The Balaban J connectivity index is 1.37. The topological polar surface area (TPSA) is 66.4 Å². The van der Waals surface area contributed by atoms with Gasteiger partial charge in [-0.15, -0.1) is 0 Å². The van der Waals surface area contributed by atoms with Crippen LogP contribution in [0.1, 0.15) is 67.5 Å². The number of ether oxygens (including phenoxy) is 5. The molecule has 7 atom stereocenters. The molecule has 4 aromatic carbocycles. The summed E-state index contributed by atoms with van der Waals surface area (Å²) in [6.07, 6.45) is 1.24. The van der Waals surface area contributed by atoms with Crippen molar-refractivity contribution >= 4 is 11.6 Å². The first-order valence-electron chi connectivity index (χ1n) is 17.7. The van der Waals surface area contributed by atoms with E-state index in [9.17, 15) is 5.11 Å². The summed E-state index contributed by atoms with van der Waals surface area (Å²) in [5, 5.41) is 10.3. The van der Waals surface area contributed by atoms with Crippen molar-refractivity contribution in [3.8, 4) is 11.5 Å². The highest BCUT2D eigenvalue weighted by Gasteiger charge is 2.46. The van der Waals surface area contributed by atoms with Crippen molar-refractivity contribution in [3.63, 3.8) is 0 Å². The van der Waals surface area contributed by atoms with Crippen LogP contribution in [0.3, 0.4) is 0 Å². The molecular weight excluding hydrogens is 636 g/mol. The highest BCUT2D eigenvalue weighted by atomic mass is 35.5. The van der Waals surface area contributed by atoms with E-state index in [0.29, 0.717) is 49.5 Å². The normalized spacial score (nSPS) is 24.8. The van der Waals surface area contributed by atoms with Gasteiger partial charge in [-0.1, -0.05) is 98.2 Å². The Kier molecular flexibility index (Phi) is 12.3. The second-order valence-electron chi connectivity index (χ2n) is 13.4. The minimum atomic E-state index is -0.468. The summed E-state index contributed by atoms with van der Waals surface area (Å²) in [6, 6.07) is 32.8. The second-order valence-corrected chi connectivity index (χ2v) is 13.8. The van der Waals surface area contributed by atoms with Gasteiger partial charge in [-0.2, -0.15) is 0 Å². The molecule has 1 aliphatic heterocycles. The fourth-order valence-electron chi connectivity index (χ4n) is 6.88. The largest absolute Gasteiger partial charge is 0.494 e. The summed E-state index contributed by atoms with van der Waals surface area (Å²) in [5.41, 5.74) is 5.21. The van der Waals surface area contributed by atoms with E-state index in [4.69, 9.17) is 35.3 Å². The number of aliphatic hydroxyl groups excluding tert-OH is 1. The minimum Gasteiger partial charge on any atom is -0.494 e. The van der Waals surface area contributed by atoms with Crippen LogP contribution in [0.5, 0.6) is 11.5 Å². The Morgan fingerprint density at radius 2 is 1.43 bits per heavy atom. The smallest absolute Gasteiger partial charge is 0.126 e. The molecule has 1 heterocycles. The molecule has 4 aromatic rings. The number of hydrogen-bond donors (Lipinski definition) is 1. The van der Waals surface area contributed by atoms with Crippen molar-refractivity contribution in [2.45, 2.75) is 77.7 Å². The molecule has 1 saturated carbocycles. The maximum atomic E-state index is 9.70. The third kappa shape index (κ3) is 9.05. The fourth-order valence-corrected chi connectivity index (χ4v) is 7.10. The summed E-state index contributed by atoms with van der Waals surface area (Å²) in [5.74, 6) is 2.23. The zero-order chi connectivity index (χ0) is 34.2. The van der Waals surface area contributed by atoms with Crippen molar-refractivity contribution in [1.29, 1.82) is 0 Å². The molecule has 0 bridgehead atoms. The summed E-state index contributed by atoms with van der Waals surface area (Å²) < 4.78 is 32.9. The zero-order valence-electron chi connectivity index (χ0n) is 28.8. The van der Waals surface area contributed by atoms with Crippen molar-refractivity contribution < 1.29 is 28.8 Å². The molecule has 1 saturated heterocycles. The molecular formula is C42H49ClO6. The lowest BCUT2D eigenvalue weighted by molar-refractivity contribution is -0.235.